The standard InChI is InChI=1S/C17H23ClN4O/c1-13-10-14(2)22(20-13)9-5-8-19-17(23)21(3)12-15-6-4-7-16(18)11-15/h4,6-7,10-11H,5,8-9,12H2,1-3H3,(H,19,23). The van der Waals surface area contributed by atoms with Crippen LogP contribution in [0.4, 0.5) is 4.79 Å². The summed E-state index contributed by atoms with van der Waals surface area (Å²) in [5, 5.41) is 8.02. The molecule has 2 aromatic rings. The number of benzene rings is 1. The van der Waals surface area contributed by atoms with E-state index >= 15 is 0 Å². The molecule has 1 aromatic heterocycles. The second kappa shape index (κ2) is 8.02. The highest BCUT2D eigenvalue weighted by Gasteiger charge is 2.08. The number of nitrogens with one attached hydrogen (secondary N) is 1. The lowest BCUT2D eigenvalue weighted by Crippen LogP contribution is -2.37. The van der Waals surface area contributed by atoms with Gasteiger partial charge in [-0.05, 0) is 44.0 Å². The van der Waals surface area contributed by atoms with E-state index in [4.69, 9.17) is 11.6 Å². The predicted molar refractivity (Wildman–Crippen MR) is 92.6 cm³/mol. The third-order valence-corrected chi connectivity index (χ3v) is 3.82. The molecule has 0 saturated carbocycles. The van der Waals surface area contributed by atoms with Crippen LogP contribution in [0.5, 0.6) is 0 Å². The number of rotatable bonds is 6. The Morgan fingerprint density at radius 1 is 1.35 bits per heavy atom. The summed E-state index contributed by atoms with van der Waals surface area (Å²) in [6, 6.07) is 9.50. The maximum Gasteiger partial charge on any atom is 0.317 e. The van der Waals surface area contributed by atoms with Gasteiger partial charge in [-0.15, -0.1) is 0 Å². The molecule has 0 spiro atoms. The number of halogens is 1. The molecule has 6 heteroatoms. The van der Waals surface area contributed by atoms with Crippen LogP contribution in [0.2, 0.25) is 5.02 Å². The molecule has 0 atom stereocenters. The van der Waals surface area contributed by atoms with E-state index in [1.165, 1.54) is 0 Å². The number of amides is 2. The molecule has 124 valence electrons. The van der Waals surface area contributed by atoms with Crippen molar-refractivity contribution >= 4 is 17.6 Å². The smallest absolute Gasteiger partial charge is 0.317 e. The predicted octanol–water partition coefficient (Wildman–Crippen LogP) is 3.39. The highest BCUT2D eigenvalue weighted by molar-refractivity contribution is 6.30. The minimum atomic E-state index is -0.0849. The average Bonchev–Trinajstić information content (AvgIpc) is 2.81. The number of urea groups is 1. The van der Waals surface area contributed by atoms with Crippen LogP contribution in [-0.4, -0.2) is 34.3 Å². The molecule has 0 aliphatic carbocycles. The quantitative estimate of drug-likeness (QED) is 0.823. The molecule has 1 N–H and O–H groups in total. The van der Waals surface area contributed by atoms with Crippen molar-refractivity contribution in [3.05, 3.63) is 52.3 Å². The fourth-order valence-electron chi connectivity index (χ4n) is 2.44. The maximum absolute atomic E-state index is 12.1. The Morgan fingerprint density at radius 3 is 2.78 bits per heavy atom. The molecule has 2 amide bonds. The molecule has 0 bridgehead atoms. The highest BCUT2D eigenvalue weighted by Crippen LogP contribution is 2.12. The Morgan fingerprint density at radius 2 is 2.13 bits per heavy atom. The highest BCUT2D eigenvalue weighted by atomic mass is 35.5. The monoisotopic (exact) mass is 334 g/mol. The molecule has 0 fully saturated rings. The van der Waals surface area contributed by atoms with Crippen LogP contribution < -0.4 is 5.32 Å². The summed E-state index contributed by atoms with van der Waals surface area (Å²) in [5.74, 6) is 0. The zero-order valence-electron chi connectivity index (χ0n) is 13.8. The van der Waals surface area contributed by atoms with E-state index in [-0.39, 0.29) is 6.03 Å². The fraction of sp³-hybridized carbons (Fsp3) is 0.412. The Hall–Kier alpha value is -2.01. The SMILES string of the molecule is Cc1cc(C)n(CCCNC(=O)N(C)Cc2cccc(Cl)c2)n1. The van der Waals surface area contributed by atoms with Gasteiger partial charge in [0, 0.05) is 37.4 Å². The lowest BCUT2D eigenvalue weighted by Gasteiger charge is -2.18. The minimum absolute atomic E-state index is 0.0849. The normalized spacial score (nSPS) is 10.6. The van der Waals surface area contributed by atoms with Crippen molar-refractivity contribution in [1.82, 2.24) is 20.0 Å². The van der Waals surface area contributed by atoms with E-state index in [1.807, 2.05) is 42.8 Å². The average molecular weight is 335 g/mol. The molecule has 1 aromatic carbocycles. The van der Waals surface area contributed by atoms with E-state index in [2.05, 4.69) is 16.5 Å². The van der Waals surface area contributed by atoms with Gasteiger partial charge in [0.25, 0.3) is 0 Å². The number of hydrogen-bond donors (Lipinski definition) is 1. The molecule has 2 rings (SSSR count). The van der Waals surface area contributed by atoms with E-state index in [0.717, 1.165) is 29.9 Å². The van der Waals surface area contributed by atoms with Crippen LogP contribution in [0.3, 0.4) is 0 Å². The molecular formula is C17H23ClN4O. The molecule has 0 radical (unpaired) electrons. The zero-order valence-corrected chi connectivity index (χ0v) is 14.6. The van der Waals surface area contributed by atoms with Gasteiger partial charge < -0.3 is 10.2 Å². The van der Waals surface area contributed by atoms with Crippen molar-refractivity contribution < 1.29 is 4.79 Å². The Labute approximate surface area is 142 Å². The number of hydrogen-bond acceptors (Lipinski definition) is 2. The van der Waals surface area contributed by atoms with Gasteiger partial charge in [0.2, 0.25) is 0 Å². The number of aryl methyl sites for hydroxylation is 3. The summed E-state index contributed by atoms with van der Waals surface area (Å²) in [4.78, 5) is 13.7. The van der Waals surface area contributed by atoms with Crippen LogP contribution >= 0.6 is 11.6 Å². The summed E-state index contributed by atoms with van der Waals surface area (Å²) in [7, 11) is 1.78. The van der Waals surface area contributed by atoms with Crippen LogP contribution in [0, 0.1) is 13.8 Å². The van der Waals surface area contributed by atoms with Gasteiger partial charge in [-0.2, -0.15) is 5.10 Å². The first-order chi connectivity index (χ1) is 11.0. The molecular weight excluding hydrogens is 312 g/mol. The molecule has 0 saturated heterocycles. The van der Waals surface area contributed by atoms with Crippen molar-refractivity contribution in [2.24, 2.45) is 0 Å². The van der Waals surface area contributed by atoms with E-state index < -0.39 is 0 Å². The first-order valence-corrected chi connectivity index (χ1v) is 8.08. The number of nitrogens with zero attached hydrogens (tertiary/aromatic N) is 3. The van der Waals surface area contributed by atoms with E-state index in [9.17, 15) is 4.79 Å². The Kier molecular flexibility index (Phi) is 6.04. The topological polar surface area (TPSA) is 50.2 Å². The number of carbonyl (C=O) groups is 1. The summed E-state index contributed by atoms with van der Waals surface area (Å²) >= 11 is 5.96. The van der Waals surface area contributed by atoms with Gasteiger partial charge >= 0.3 is 6.03 Å². The van der Waals surface area contributed by atoms with Crippen LogP contribution in [-0.2, 0) is 13.1 Å². The minimum Gasteiger partial charge on any atom is -0.338 e. The van der Waals surface area contributed by atoms with Crippen molar-refractivity contribution in [2.45, 2.75) is 33.4 Å². The van der Waals surface area contributed by atoms with Crippen molar-refractivity contribution in [3.63, 3.8) is 0 Å². The largest absolute Gasteiger partial charge is 0.338 e. The lowest BCUT2D eigenvalue weighted by molar-refractivity contribution is 0.206. The van der Waals surface area contributed by atoms with Gasteiger partial charge in [-0.3, -0.25) is 4.68 Å². The molecule has 5 nitrogen and oxygen atoms in total. The summed E-state index contributed by atoms with van der Waals surface area (Å²) in [6.07, 6.45) is 0.846. The van der Waals surface area contributed by atoms with Gasteiger partial charge in [-0.1, -0.05) is 23.7 Å². The van der Waals surface area contributed by atoms with Crippen LogP contribution in [0.25, 0.3) is 0 Å². The first kappa shape index (κ1) is 17.3. The number of carbonyl (C=O) groups excluding carboxylic acids is 1. The van der Waals surface area contributed by atoms with Crippen molar-refractivity contribution in [3.8, 4) is 0 Å². The van der Waals surface area contributed by atoms with E-state index in [1.54, 1.807) is 11.9 Å². The van der Waals surface area contributed by atoms with Crippen LogP contribution in [0.15, 0.2) is 30.3 Å². The second-order valence-electron chi connectivity index (χ2n) is 5.72. The molecule has 1 heterocycles. The van der Waals surface area contributed by atoms with E-state index in [0.29, 0.717) is 18.1 Å². The van der Waals surface area contributed by atoms with Crippen LogP contribution in [0.1, 0.15) is 23.4 Å². The maximum atomic E-state index is 12.1. The summed E-state index contributed by atoms with van der Waals surface area (Å²) in [5.41, 5.74) is 3.18. The third kappa shape index (κ3) is 5.28. The van der Waals surface area contributed by atoms with Crippen molar-refractivity contribution in [1.29, 1.82) is 0 Å². The Bertz CT molecular complexity index is 668. The van der Waals surface area contributed by atoms with Gasteiger partial charge in [0.05, 0.1) is 5.69 Å². The first-order valence-electron chi connectivity index (χ1n) is 7.70. The number of aromatic nitrogens is 2. The van der Waals surface area contributed by atoms with Gasteiger partial charge in [-0.25, -0.2) is 4.79 Å². The second-order valence-corrected chi connectivity index (χ2v) is 6.16. The molecule has 0 aliphatic rings. The Balaban J connectivity index is 1.72. The fourth-order valence-corrected chi connectivity index (χ4v) is 2.65. The molecule has 23 heavy (non-hydrogen) atoms. The summed E-state index contributed by atoms with van der Waals surface area (Å²) in [6.45, 7) is 5.98. The summed E-state index contributed by atoms with van der Waals surface area (Å²) < 4.78 is 1.97. The van der Waals surface area contributed by atoms with Gasteiger partial charge in [0.15, 0.2) is 0 Å². The third-order valence-electron chi connectivity index (χ3n) is 3.58. The van der Waals surface area contributed by atoms with Crippen molar-refractivity contribution in [2.75, 3.05) is 13.6 Å². The lowest BCUT2D eigenvalue weighted by atomic mass is 10.2. The zero-order chi connectivity index (χ0) is 16.8. The molecule has 0 aliphatic heterocycles. The molecule has 0 unspecified atom stereocenters. The van der Waals surface area contributed by atoms with Gasteiger partial charge in [0.1, 0.15) is 0 Å².